The molecule has 0 aromatic heterocycles. The minimum absolute atomic E-state index is 0.0573. The second-order valence-electron chi connectivity index (χ2n) is 4.74. The lowest BCUT2D eigenvalue weighted by Crippen LogP contribution is -2.13. The van der Waals surface area contributed by atoms with Crippen LogP contribution in [0.4, 0.5) is 5.69 Å². The first-order valence-electron chi connectivity index (χ1n) is 6.52. The number of benzene rings is 2. The van der Waals surface area contributed by atoms with Gasteiger partial charge >= 0.3 is 0 Å². The molecule has 2 aromatic rings. The second-order valence-corrected chi connectivity index (χ2v) is 6.74. The van der Waals surface area contributed by atoms with Gasteiger partial charge in [-0.25, -0.2) is 13.6 Å². The normalized spacial score (nSPS) is 11.2. The summed E-state index contributed by atoms with van der Waals surface area (Å²) in [5.41, 5.74) is 1.54. The van der Waals surface area contributed by atoms with Gasteiger partial charge < -0.3 is 5.32 Å². The zero-order chi connectivity index (χ0) is 16.2. The SMILES string of the molecule is NS(=O)(=O)c1ccc(CCC(=O)Nc2ccc(Cl)cc2)cc1. The molecule has 0 aliphatic rings. The summed E-state index contributed by atoms with van der Waals surface area (Å²) in [7, 11) is -3.69. The third kappa shape index (κ3) is 4.84. The number of sulfonamides is 1. The topological polar surface area (TPSA) is 89.3 Å². The van der Waals surface area contributed by atoms with Gasteiger partial charge in [0.1, 0.15) is 0 Å². The zero-order valence-corrected chi connectivity index (χ0v) is 13.2. The van der Waals surface area contributed by atoms with E-state index in [9.17, 15) is 13.2 Å². The van der Waals surface area contributed by atoms with Gasteiger partial charge in [-0.3, -0.25) is 4.79 Å². The second kappa shape index (κ2) is 6.91. The zero-order valence-electron chi connectivity index (χ0n) is 11.6. The molecule has 0 heterocycles. The molecular formula is C15H15ClN2O3S. The molecular weight excluding hydrogens is 324 g/mol. The highest BCUT2D eigenvalue weighted by Crippen LogP contribution is 2.14. The maximum Gasteiger partial charge on any atom is 0.238 e. The Kier molecular flexibility index (Phi) is 5.18. The highest BCUT2D eigenvalue weighted by Gasteiger charge is 2.08. The maximum atomic E-state index is 11.8. The third-order valence-electron chi connectivity index (χ3n) is 3.02. The molecule has 116 valence electrons. The van der Waals surface area contributed by atoms with Gasteiger partial charge in [-0.05, 0) is 48.4 Å². The van der Waals surface area contributed by atoms with Gasteiger partial charge in [-0.1, -0.05) is 23.7 Å². The van der Waals surface area contributed by atoms with E-state index in [0.29, 0.717) is 17.1 Å². The number of carbonyl (C=O) groups is 1. The number of nitrogens with one attached hydrogen (secondary N) is 1. The van der Waals surface area contributed by atoms with E-state index in [4.69, 9.17) is 16.7 Å². The summed E-state index contributed by atoms with van der Waals surface area (Å²) >= 11 is 5.77. The average molecular weight is 339 g/mol. The van der Waals surface area contributed by atoms with Crippen LogP contribution in [0, 0.1) is 0 Å². The van der Waals surface area contributed by atoms with Crippen molar-refractivity contribution in [2.45, 2.75) is 17.7 Å². The molecule has 0 aliphatic heterocycles. The van der Waals surface area contributed by atoms with Gasteiger partial charge in [-0.2, -0.15) is 0 Å². The monoisotopic (exact) mass is 338 g/mol. The average Bonchev–Trinajstić information content (AvgIpc) is 2.47. The summed E-state index contributed by atoms with van der Waals surface area (Å²) in [5, 5.41) is 8.39. The van der Waals surface area contributed by atoms with E-state index in [2.05, 4.69) is 5.32 Å². The van der Waals surface area contributed by atoms with Crippen LogP contribution in [0.3, 0.4) is 0 Å². The molecule has 0 aliphatic carbocycles. The van der Waals surface area contributed by atoms with Crippen molar-refractivity contribution < 1.29 is 13.2 Å². The molecule has 0 fully saturated rings. The van der Waals surface area contributed by atoms with Crippen molar-refractivity contribution >= 4 is 33.2 Å². The van der Waals surface area contributed by atoms with E-state index in [1.165, 1.54) is 12.1 Å². The molecule has 0 saturated heterocycles. The molecule has 7 heteroatoms. The predicted octanol–water partition coefficient (Wildman–Crippen LogP) is 2.56. The minimum atomic E-state index is -3.69. The molecule has 5 nitrogen and oxygen atoms in total. The van der Waals surface area contributed by atoms with Gasteiger partial charge in [0.05, 0.1) is 4.90 Å². The molecule has 0 saturated carbocycles. The number of anilines is 1. The lowest BCUT2D eigenvalue weighted by atomic mass is 10.1. The highest BCUT2D eigenvalue weighted by molar-refractivity contribution is 7.89. The Hall–Kier alpha value is -1.89. The summed E-state index contributed by atoms with van der Waals surface area (Å²) in [6, 6.07) is 13.0. The maximum absolute atomic E-state index is 11.8. The number of carbonyl (C=O) groups excluding carboxylic acids is 1. The van der Waals surface area contributed by atoms with Crippen molar-refractivity contribution in [3.63, 3.8) is 0 Å². The van der Waals surface area contributed by atoms with Gasteiger partial charge in [0, 0.05) is 17.1 Å². The van der Waals surface area contributed by atoms with Gasteiger partial charge in [0.15, 0.2) is 0 Å². The standard InChI is InChI=1S/C15H15ClN2O3S/c16-12-4-6-13(7-5-12)18-15(19)10-3-11-1-8-14(9-2-11)22(17,20)21/h1-2,4-9H,3,10H2,(H,18,19)(H2,17,20,21). The number of primary sulfonamides is 1. The minimum Gasteiger partial charge on any atom is -0.326 e. The Morgan fingerprint density at radius 1 is 1.05 bits per heavy atom. The van der Waals surface area contributed by atoms with Gasteiger partial charge in [0.25, 0.3) is 0 Å². The Bertz CT molecular complexity index is 756. The molecule has 0 spiro atoms. The summed E-state index contributed by atoms with van der Waals surface area (Å²) in [5.74, 6) is -0.127. The first kappa shape index (κ1) is 16.5. The number of hydrogen-bond acceptors (Lipinski definition) is 3. The molecule has 2 aromatic carbocycles. The van der Waals surface area contributed by atoms with E-state index in [0.717, 1.165) is 5.56 Å². The van der Waals surface area contributed by atoms with Crippen LogP contribution in [-0.4, -0.2) is 14.3 Å². The third-order valence-corrected chi connectivity index (χ3v) is 4.20. The van der Waals surface area contributed by atoms with E-state index < -0.39 is 10.0 Å². The fraction of sp³-hybridized carbons (Fsp3) is 0.133. The summed E-state index contributed by atoms with van der Waals surface area (Å²) in [6.45, 7) is 0. The van der Waals surface area contributed by atoms with Crippen LogP contribution in [0.15, 0.2) is 53.4 Å². The molecule has 22 heavy (non-hydrogen) atoms. The van der Waals surface area contributed by atoms with Crippen molar-refractivity contribution in [2.75, 3.05) is 5.32 Å². The first-order chi connectivity index (χ1) is 10.3. The predicted molar refractivity (Wildman–Crippen MR) is 86.2 cm³/mol. The van der Waals surface area contributed by atoms with Crippen LogP contribution in [0.2, 0.25) is 5.02 Å². The molecule has 1 amide bonds. The van der Waals surface area contributed by atoms with Crippen molar-refractivity contribution in [1.29, 1.82) is 0 Å². The molecule has 0 atom stereocenters. The molecule has 0 bridgehead atoms. The Balaban J connectivity index is 1.89. The molecule has 2 rings (SSSR count). The van der Waals surface area contributed by atoms with Crippen molar-refractivity contribution in [3.05, 3.63) is 59.1 Å². The van der Waals surface area contributed by atoms with Crippen LogP contribution < -0.4 is 10.5 Å². The number of rotatable bonds is 5. The van der Waals surface area contributed by atoms with Crippen LogP contribution in [0.25, 0.3) is 0 Å². The van der Waals surface area contributed by atoms with Gasteiger partial charge in [0.2, 0.25) is 15.9 Å². The summed E-state index contributed by atoms with van der Waals surface area (Å²) in [4.78, 5) is 11.9. The van der Waals surface area contributed by atoms with Crippen molar-refractivity contribution in [1.82, 2.24) is 0 Å². The smallest absolute Gasteiger partial charge is 0.238 e. The van der Waals surface area contributed by atoms with Crippen LogP contribution in [-0.2, 0) is 21.2 Å². The quantitative estimate of drug-likeness (QED) is 0.878. The first-order valence-corrected chi connectivity index (χ1v) is 8.44. The van der Waals surface area contributed by atoms with E-state index in [-0.39, 0.29) is 17.2 Å². The fourth-order valence-electron chi connectivity index (χ4n) is 1.86. The van der Waals surface area contributed by atoms with E-state index >= 15 is 0 Å². The number of nitrogens with two attached hydrogens (primary N) is 1. The Labute approximate surface area is 134 Å². The van der Waals surface area contributed by atoms with Crippen LogP contribution in [0.1, 0.15) is 12.0 Å². The molecule has 3 N–H and O–H groups in total. The number of aryl methyl sites for hydroxylation is 1. The lowest BCUT2D eigenvalue weighted by molar-refractivity contribution is -0.116. The van der Waals surface area contributed by atoms with Gasteiger partial charge in [-0.15, -0.1) is 0 Å². The Morgan fingerprint density at radius 2 is 1.64 bits per heavy atom. The molecule has 0 radical (unpaired) electrons. The molecule has 0 unspecified atom stereocenters. The van der Waals surface area contributed by atoms with E-state index in [1.54, 1.807) is 36.4 Å². The highest BCUT2D eigenvalue weighted by atomic mass is 35.5. The summed E-state index contributed by atoms with van der Waals surface area (Å²) < 4.78 is 22.3. The Morgan fingerprint density at radius 3 is 2.18 bits per heavy atom. The summed E-state index contributed by atoms with van der Waals surface area (Å²) in [6.07, 6.45) is 0.793. The number of halogens is 1. The van der Waals surface area contributed by atoms with Crippen molar-refractivity contribution in [3.8, 4) is 0 Å². The van der Waals surface area contributed by atoms with Crippen LogP contribution in [0.5, 0.6) is 0 Å². The largest absolute Gasteiger partial charge is 0.326 e. The number of hydrogen-bond donors (Lipinski definition) is 2. The fourth-order valence-corrected chi connectivity index (χ4v) is 2.50. The van der Waals surface area contributed by atoms with Crippen molar-refractivity contribution in [2.24, 2.45) is 5.14 Å². The number of amides is 1. The lowest BCUT2D eigenvalue weighted by Gasteiger charge is -2.06. The van der Waals surface area contributed by atoms with E-state index in [1.807, 2.05) is 0 Å². The van der Waals surface area contributed by atoms with Crippen LogP contribution >= 0.6 is 11.6 Å².